The van der Waals surface area contributed by atoms with Crippen LogP contribution in [0.1, 0.15) is 27.2 Å². The van der Waals surface area contributed by atoms with E-state index >= 15 is 0 Å². The molecule has 0 unspecified atom stereocenters. The third-order valence-electron chi connectivity index (χ3n) is 6.18. The Kier molecular flexibility index (Phi) is 5.82. The molecule has 6 nitrogen and oxygen atoms in total. The fraction of sp³-hybridized carbons (Fsp3) is 0.321. The largest absolute Gasteiger partial charge is 0.444 e. The van der Waals surface area contributed by atoms with Crippen LogP contribution in [0, 0.1) is 5.92 Å². The maximum atomic E-state index is 12.5. The summed E-state index contributed by atoms with van der Waals surface area (Å²) in [5, 5.41) is 0. The number of fused-ring (bicyclic) bond motifs is 1. The Balaban J connectivity index is 1.41. The van der Waals surface area contributed by atoms with Crippen LogP contribution in [0.3, 0.4) is 0 Å². The van der Waals surface area contributed by atoms with Crippen LogP contribution in [-0.2, 0) is 11.3 Å². The summed E-state index contributed by atoms with van der Waals surface area (Å²) in [6.45, 7) is 7.90. The van der Waals surface area contributed by atoms with Crippen molar-refractivity contribution in [2.75, 3.05) is 13.1 Å². The van der Waals surface area contributed by atoms with Gasteiger partial charge in [-0.1, -0.05) is 54.6 Å². The van der Waals surface area contributed by atoms with Crippen LogP contribution in [0.25, 0.3) is 33.5 Å². The molecule has 0 N–H and O–H groups in total. The Morgan fingerprint density at radius 2 is 1.71 bits per heavy atom. The lowest BCUT2D eigenvalue weighted by Crippen LogP contribution is -2.35. The van der Waals surface area contributed by atoms with Gasteiger partial charge in [0.2, 0.25) is 0 Å². The lowest BCUT2D eigenvalue weighted by atomic mass is 10.0. The van der Waals surface area contributed by atoms with E-state index in [2.05, 4.69) is 58.1 Å². The SMILES string of the molecule is CC(C)(C)OC(=O)N1CC[C@@H](Cn2c(-c3ccc(-c4ccccc4)cc3)nc3cnccc32)C1. The van der Waals surface area contributed by atoms with E-state index in [1.165, 1.54) is 11.1 Å². The van der Waals surface area contributed by atoms with E-state index in [0.29, 0.717) is 12.5 Å². The Hall–Kier alpha value is -3.67. The number of aromatic nitrogens is 3. The average molecular weight is 455 g/mol. The molecule has 174 valence electrons. The van der Waals surface area contributed by atoms with Gasteiger partial charge in [-0.25, -0.2) is 9.78 Å². The normalized spacial score (nSPS) is 16.2. The molecule has 2 aromatic carbocycles. The quantitative estimate of drug-likeness (QED) is 0.378. The minimum atomic E-state index is -0.484. The molecule has 0 aliphatic carbocycles. The number of rotatable bonds is 4. The number of ether oxygens (including phenoxy) is 1. The zero-order chi connectivity index (χ0) is 23.7. The van der Waals surface area contributed by atoms with Gasteiger partial charge < -0.3 is 14.2 Å². The van der Waals surface area contributed by atoms with Gasteiger partial charge in [-0.15, -0.1) is 0 Å². The molecule has 0 bridgehead atoms. The lowest BCUT2D eigenvalue weighted by molar-refractivity contribution is 0.0287. The highest BCUT2D eigenvalue weighted by molar-refractivity contribution is 5.80. The second kappa shape index (κ2) is 8.93. The molecule has 1 amide bonds. The first-order chi connectivity index (χ1) is 16.4. The highest BCUT2D eigenvalue weighted by Gasteiger charge is 2.30. The van der Waals surface area contributed by atoms with Gasteiger partial charge in [0.15, 0.2) is 0 Å². The highest BCUT2D eigenvalue weighted by Crippen LogP contribution is 2.30. The Morgan fingerprint density at radius 1 is 1.00 bits per heavy atom. The molecule has 3 heterocycles. The van der Waals surface area contributed by atoms with Crippen LogP contribution in [0.15, 0.2) is 73.1 Å². The molecule has 1 saturated heterocycles. The van der Waals surface area contributed by atoms with E-state index in [-0.39, 0.29) is 6.09 Å². The molecule has 6 heteroatoms. The summed E-state index contributed by atoms with van der Waals surface area (Å²) in [4.78, 5) is 23.6. The molecule has 0 spiro atoms. The highest BCUT2D eigenvalue weighted by atomic mass is 16.6. The van der Waals surface area contributed by atoms with Crippen molar-refractivity contribution in [3.8, 4) is 22.5 Å². The van der Waals surface area contributed by atoms with Crippen LogP contribution < -0.4 is 0 Å². The molecule has 2 aromatic heterocycles. The van der Waals surface area contributed by atoms with Crippen molar-refractivity contribution >= 4 is 17.1 Å². The van der Waals surface area contributed by atoms with Crippen LogP contribution >= 0.6 is 0 Å². The summed E-state index contributed by atoms with van der Waals surface area (Å²) in [7, 11) is 0. The second-order valence-electron chi connectivity index (χ2n) is 9.93. The number of hydrogen-bond acceptors (Lipinski definition) is 4. The van der Waals surface area contributed by atoms with E-state index in [9.17, 15) is 4.79 Å². The number of pyridine rings is 1. The first-order valence-electron chi connectivity index (χ1n) is 11.8. The Morgan fingerprint density at radius 3 is 2.44 bits per heavy atom. The number of imidazole rings is 1. The Bertz CT molecular complexity index is 1290. The number of amides is 1. The minimum Gasteiger partial charge on any atom is -0.444 e. The van der Waals surface area contributed by atoms with E-state index in [1.807, 2.05) is 50.2 Å². The Labute approximate surface area is 200 Å². The van der Waals surface area contributed by atoms with Crippen LogP contribution in [0.5, 0.6) is 0 Å². The van der Waals surface area contributed by atoms with Crippen molar-refractivity contribution in [3.05, 3.63) is 73.1 Å². The maximum absolute atomic E-state index is 12.5. The van der Waals surface area contributed by atoms with E-state index in [4.69, 9.17) is 9.72 Å². The van der Waals surface area contributed by atoms with Crippen molar-refractivity contribution in [1.82, 2.24) is 19.4 Å². The smallest absolute Gasteiger partial charge is 0.410 e. The van der Waals surface area contributed by atoms with Gasteiger partial charge in [0.05, 0.1) is 11.7 Å². The third kappa shape index (κ3) is 4.67. The summed E-state index contributed by atoms with van der Waals surface area (Å²) >= 11 is 0. The van der Waals surface area contributed by atoms with Crippen molar-refractivity contribution < 1.29 is 9.53 Å². The third-order valence-corrected chi connectivity index (χ3v) is 6.18. The summed E-state index contributed by atoms with van der Waals surface area (Å²) in [5.41, 5.74) is 4.90. The first kappa shape index (κ1) is 22.1. The van der Waals surface area contributed by atoms with Crippen LogP contribution in [-0.4, -0.2) is 44.2 Å². The topological polar surface area (TPSA) is 60.2 Å². The zero-order valence-corrected chi connectivity index (χ0v) is 19.9. The van der Waals surface area contributed by atoms with Gasteiger partial charge in [0.1, 0.15) is 16.9 Å². The fourth-order valence-corrected chi connectivity index (χ4v) is 4.56. The van der Waals surface area contributed by atoms with Crippen molar-refractivity contribution in [2.24, 2.45) is 5.92 Å². The fourth-order valence-electron chi connectivity index (χ4n) is 4.56. The molecule has 1 aliphatic heterocycles. The molecule has 1 atom stereocenters. The molecule has 4 aromatic rings. The summed E-state index contributed by atoms with van der Waals surface area (Å²) in [6.07, 6.45) is 4.34. The van der Waals surface area contributed by atoms with E-state index in [1.54, 1.807) is 0 Å². The standard InChI is InChI=1S/C28H30N4O2/c1-28(2,3)34-27(33)31-16-14-20(18-31)19-32-25-13-15-29-17-24(25)30-26(32)23-11-9-22(10-12-23)21-7-5-4-6-8-21/h4-13,15,17,20H,14,16,18-19H2,1-3H3/t20-/m1/s1. The average Bonchev–Trinajstić information content (AvgIpc) is 3.44. The summed E-state index contributed by atoms with van der Waals surface area (Å²) in [6, 6.07) is 20.9. The maximum Gasteiger partial charge on any atom is 0.410 e. The molecular weight excluding hydrogens is 424 g/mol. The molecule has 34 heavy (non-hydrogen) atoms. The molecule has 1 aliphatic rings. The summed E-state index contributed by atoms with van der Waals surface area (Å²) in [5.74, 6) is 1.26. The molecule has 0 radical (unpaired) electrons. The zero-order valence-electron chi connectivity index (χ0n) is 19.9. The van der Waals surface area contributed by atoms with E-state index < -0.39 is 5.60 Å². The van der Waals surface area contributed by atoms with Crippen molar-refractivity contribution in [3.63, 3.8) is 0 Å². The van der Waals surface area contributed by atoms with Gasteiger partial charge >= 0.3 is 6.09 Å². The van der Waals surface area contributed by atoms with Crippen molar-refractivity contribution in [1.29, 1.82) is 0 Å². The predicted molar refractivity (Wildman–Crippen MR) is 134 cm³/mol. The molecule has 1 fully saturated rings. The number of carbonyl (C=O) groups is 1. The molecular formula is C28H30N4O2. The number of nitrogens with zero attached hydrogens (tertiary/aromatic N) is 4. The molecule has 0 saturated carbocycles. The van der Waals surface area contributed by atoms with Gasteiger partial charge in [-0.05, 0) is 50.3 Å². The van der Waals surface area contributed by atoms with Gasteiger partial charge in [0.25, 0.3) is 0 Å². The number of hydrogen-bond donors (Lipinski definition) is 0. The number of benzene rings is 2. The minimum absolute atomic E-state index is 0.230. The van der Waals surface area contributed by atoms with Gasteiger partial charge in [0, 0.05) is 31.4 Å². The van der Waals surface area contributed by atoms with Crippen LogP contribution in [0.2, 0.25) is 0 Å². The monoisotopic (exact) mass is 454 g/mol. The first-order valence-corrected chi connectivity index (χ1v) is 11.8. The molecule has 5 rings (SSSR count). The van der Waals surface area contributed by atoms with Gasteiger partial charge in [-0.3, -0.25) is 4.98 Å². The van der Waals surface area contributed by atoms with Gasteiger partial charge in [-0.2, -0.15) is 0 Å². The van der Waals surface area contributed by atoms with E-state index in [0.717, 1.165) is 41.9 Å². The van der Waals surface area contributed by atoms with Crippen molar-refractivity contribution in [2.45, 2.75) is 39.3 Å². The second-order valence-corrected chi connectivity index (χ2v) is 9.93. The lowest BCUT2D eigenvalue weighted by Gasteiger charge is -2.24. The number of carbonyl (C=O) groups excluding carboxylic acids is 1. The number of likely N-dealkylation sites (tertiary alicyclic amines) is 1. The van der Waals surface area contributed by atoms with Crippen LogP contribution in [0.4, 0.5) is 4.79 Å². The predicted octanol–water partition coefficient (Wildman–Crippen LogP) is 6.02. The summed E-state index contributed by atoms with van der Waals surface area (Å²) < 4.78 is 7.85.